The molecule has 0 spiro atoms. The van der Waals surface area contributed by atoms with E-state index in [0.717, 1.165) is 42.9 Å². The van der Waals surface area contributed by atoms with Crippen molar-refractivity contribution in [1.29, 1.82) is 0 Å². The van der Waals surface area contributed by atoms with E-state index in [4.69, 9.17) is 9.47 Å². The zero-order valence-corrected chi connectivity index (χ0v) is 24.9. The fourth-order valence-corrected chi connectivity index (χ4v) is 5.20. The van der Waals surface area contributed by atoms with Gasteiger partial charge in [0.15, 0.2) is 0 Å². The number of hydrogen-bond acceptors (Lipinski definition) is 7. The molecular formula is C35H34N4O6. The lowest BCUT2D eigenvalue weighted by atomic mass is 9.95. The van der Waals surface area contributed by atoms with Crippen LogP contribution in [0, 0.1) is 0 Å². The molecule has 0 saturated heterocycles. The van der Waals surface area contributed by atoms with Crippen LogP contribution in [-0.4, -0.2) is 42.6 Å². The molecule has 230 valence electrons. The van der Waals surface area contributed by atoms with E-state index in [0.29, 0.717) is 23.5 Å². The molecule has 0 aromatic heterocycles. The fraction of sp³-hybridized carbons (Fsp3) is 0.229. The predicted octanol–water partition coefficient (Wildman–Crippen LogP) is 5.61. The normalized spacial score (nSPS) is 13.3. The fourth-order valence-electron chi connectivity index (χ4n) is 5.20. The summed E-state index contributed by atoms with van der Waals surface area (Å²) in [5, 5.41) is 11.1. The third-order valence-electron chi connectivity index (χ3n) is 7.46. The van der Waals surface area contributed by atoms with E-state index in [2.05, 4.69) is 21.2 Å². The molecule has 0 atom stereocenters. The molecule has 5 rings (SSSR count). The molecule has 0 unspecified atom stereocenters. The van der Waals surface area contributed by atoms with Crippen LogP contribution >= 0.6 is 0 Å². The minimum Gasteiger partial charge on any atom is -0.494 e. The Morgan fingerprint density at radius 1 is 0.844 bits per heavy atom. The van der Waals surface area contributed by atoms with Crippen LogP contribution in [0.2, 0.25) is 0 Å². The molecule has 1 saturated carbocycles. The number of fused-ring (bicyclic) bond motifs is 1. The first kappa shape index (κ1) is 30.9. The molecule has 10 nitrogen and oxygen atoms in total. The van der Waals surface area contributed by atoms with Gasteiger partial charge < -0.3 is 20.1 Å². The molecule has 1 aliphatic rings. The van der Waals surface area contributed by atoms with Crippen molar-refractivity contribution in [3.63, 3.8) is 0 Å². The number of para-hydroxylation sites is 1. The Labute approximate surface area is 260 Å². The SMILES string of the molecule is CCOc1ccc(C(=O)Oc2ccc3ccccc3c2/C=N/NC(=O)C(=O)Nc2ccccc2C(=O)NC2CCCCC2)cc1. The molecule has 0 bridgehead atoms. The van der Waals surface area contributed by atoms with Crippen LogP contribution in [0.1, 0.15) is 65.3 Å². The van der Waals surface area contributed by atoms with Gasteiger partial charge in [0.05, 0.1) is 29.6 Å². The summed E-state index contributed by atoms with van der Waals surface area (Å²) in [4.78, 5) is 51.3. The number of esters is 1. The van der Waals surface area contributed by atoms with Crippen LogP contribution in [0.5, 0.6) is 11.5 Å². The molecule has 10 heteroatoms. The van der Waals surface area contributed by atoms with Crippen LogP contribution in [0.25, 0.3) is 10.8 Å². The van der Waals surface area contributed by atoms with Crippen LogP contribution in [0.4, 0.5) is 5.69 Å². The van der Waals surface area contributed by atoms with Gasteiger partial charge in [-0.1, -0.05) is 61.7 Å². The summed E-state index contributed by atoms with van der Waals surface area (Å²) in [6.07, 6.45) is 6.44. The highest BCUT2D eigenvalue weighted by atomic mass is 16.5. The van der Waals surface area contributed by atoms with Crippen molar-refractivity contribution >= 4 is 46.4 Å². The van der Waals surface area contributed by atoms with Gasteiger partial charge in [0, 0.05) is 11.6 Å². The van der Waals surface area contributed by atoms with Crippen molar-refractivity contribution in [3.05, 3.63) is 102 Å². The van der Waals surface area contributed by atoms with Crippen molar-refractivity contribution in [2.45, 2.75) is 45.1 Å². The monoisotopic (exact) mass is 606 g/mol. The maximum absolute atomic E-state index is 12.9. The third kappa shape index (κ3) is 7.91. The van der Waals surface area contributed by atoms with Gasteiger partial charge in [-0.2, -0.15) is 5.10 Å². The molecule has 0 aliphatic heterocycles. The summed E-state index contributed by atoms with van der Waals surface area (Å²) in [7, 11) is 0. The predicted molar refractivity (Wildman–Crippen MR) is 172 cm³/mol. The highest BCUT2D eigenvalue weighted by Crippen LogP contribution is 2.28. The number of carbonyl (C=O) groups is 4. The van der Waals surface area contributed by atoms with E-state index in [1.165, 1.54) is 6.21 Å². The van der Waals surface area contributed by atoms with Gasteiger partial charge in [-0.3, -0.25) is 14.4 Å². The molecule has 0 heterocycles. The molecular weight excluding hydrogens is 572 g/mol. The first-order valence-corrected chi connectivity index (χ1v) is 14.9. The molecule has 1 fully saturated rings. The Bertz CT molecular complexity index is 1730. The maximum Gasteiger partial charge on any atom is 0.343 e. The highest BCUT2D eigenvalue weighted by molar-refractivity contribution is 6.40. The number of hydrogen-bond donors (Lipinski definition) is 3. The van der Waals surface area contributed by atoms with Crippen LogP contribution in [0.15, 0.2) is 90.0 Å². The summed E-state index contributed by atoms with van der Waals surface area (Å²) in [5.41, 5.74) is 3.46. The summed E-state index contributed by atoms with van der Waals surface area (Å²) < 4.78 is 11.1. The lowest BCUT2D eigenvalue weighted by Crippen LogP contribution is -2.37. The number of rotatable bonds is 9. The Hall–Kier alpha value is -5.51. The number of benzene rings is 4. The van der Waals surface area contributed by atoms with E-state index >= 15 is 0 Å². The minimum atomic E-state index is -1.04. The number of hydrazone groups is 1. The summed E-state index contributed by atoms with van der Waals surface area (Å²) >= 11 is 0. The first-order chi connectivity index (χ1) is 21.9. The second kappa shape index (κ2) is 14.8. The standard InChI is InChI=1S/C35H34N4O6/c1-2-44-26-19-16-24(17-20-26)35(43)45-31-21-18-23-10-6-7-13-27(23)29(31)22-36-39-34(42)33(41)38-30-15-9-8-14-28(30)32(40)37-25-11-4-3-5-12-25/h6-10,13-22,25H,2-5,11-12H2,1H3,(H,37,40)(H,38,41)(H,39,42)/b36-22+. The summed E-state index contributed by atoms with van der Waals surface area (Å²) in [6, 6.07) is 24.1. The van der Waals surface area contributed by atoms with Gasteiger partial charge in [-0.25, -0.2) is 10.2 Å². The zero-order chi connectivity index (χ0) is 31.6. The second-order valence-electron chi connectivity index (χ2n) is 10.6. The van der Waals surface area contributed by atoms with E-state index in [1.54, 1.807) is 60.7 Å². The van der Waals surface area contributed by atoms with E-state index in [-0.39, 0.29) is 28.9 Å². The average molecular weight is 607 g/mol. The van der Waals surface area contributed by atoms with Crippen LogP contribution < -0.4 is 25.5 Å². The molecule has 1 aliphatic carbocycles. The molecule has 3 amide bonds. The quantitative estimate of drug-likeness (QED) is 0.0746. The topological polar surface area (TPSA) is 135 Å². The molecule has 4 aromatic carbocycles. The van der Waals surface area contributed by atoms with Gasteiger partial charge >= 0.3 is 17.8 Å². The Kier molecular flexibility index (Phi) is 10.2. The summed E-state index contributed by atoms with van der Waals surface area (Å²) in [5.74, 6) is -2.07. The summed E-state index contributed by atoms with van der Waals surface area (Å²) in [6.45, 7) is 2.38. The lowest BCUT2D eigenvalue weighted by molar-refractivity contribution is -0.136. The largest absolute Gasteiger partial charge is 0.494 e. The number of amides is 3. The van der Waals surface area contributed by atoms with Crippen molar-refractivity contribution < 1.29 is 28.7 Å². The molecule has 3 N–H and O–H groups in total. The van der Waals surface area contributed by atoms with Gasteiger partial charge in [0.25, 0.3) is 5.91 Å². The Balaban J connectivity index is 1.28. The number of nitrogens with zero attached hydrogens (tertiary/aromatic N) is 1. The smallest absolute Gasteiger partial charge is 0.343 e. The van der Waals surface area contributed by atoms with Crippen molar-refractivity contribution in [3.8, 4) is 11.5 Å². The van der Waals surface area contributed by atoms with Gasteiger partial charge in [-0.05, 0) is 73.0 Å². The van der Waals surface area contributed by atoms with Crippen LogP contribution in [-0.2, 0) is 9.59 Å². The van der Waals surface area contributed by atoms with Gasteiger partial charge in [0.2, 0.25) is 0 Å². The highest BCUT2D eigenvalue weighted by Gasteiger charge is 2.21. The Morgan fingerprint density at radius 3 is 2.36 bits per heavy atom. The Morgan fingerprint density at radius 2 is 1.58 bits per heavy atom. The second-order valence-corrected chi connectivity index (χ2v) is 10.6. The maximum atomic E-state index is 12.9. The number of anilines is 1. The lowest BCUT2D eigenvalue weighted by Gasteiger charge is -2.23. The van der Waals surface area contributed by atoms with E-state index in [9.17, 15) is 19.2 Å². The van der Waals surface area contributed by atoms with Crippen LogP contribution in [0.3, 0.4) is 0 Å². The third-order valence-corrected chi connectivity index (χ3v) is 7.46. The van der Waals surface area contributed by atoms with E-state index in [1.807, 2.05) is 31.2 Å². The average Bonchev–Trinajstić information content (AvgIpc) is 3.06. The van der Waals surface area contributed by atoms with Crippen molar-refractivity contribution in [1.82, 2.24) is 10.7 Å². The molecule has 4 aromatic rings. The minimum absolute atomic E-state index is 0.0896. The van der Waals surface area contributed by atoms with Gasteiger partial charge in [-0.15, -0.1) is 0 Å². The number of carbonyl (C=O) groups excluding carboxylic acids is 4. The molecule has 0 radical (unpaired) electrons. The van der Waals surface area contributed by atoms with Gasteiger partial charge in [0.1, 0.15) is 11.5 Å². The van der Waals surface area contributed by atoms with E-state index < -0.39 is 17.8 Å². The number of nitrogens with one attached hydrogen (secondary N) is 3. The zero-order valence-electron chi connectivity index (χ0n) is 24.9. The number of ether oxygens (including phenoxy) is 2. The molecule has 45 heavy (non-hydrogen) atoms. The van der Waals surface area contributed by atoms with Crippen molar-refractivity contribution in [2.75, 3.05) is 11.9 Å². The first-order valence-electron chi connectivity index (χ1n) is 14.9. The van der Waals surface area contributed by atoms with Crippen molar-refractivity contribution in [2.24, 2.45) is 5.10 Å².